The maximum atomic E-state index is 12.7. The van der Waals surface area contributed by atoms with E-state index in [1.807, 2.05) is 49.3 Å². The van der Waals surface area contributed by atoms with Crippen LogP contribution in [0.5, 0.6) is 17.2 Å². The summed E-state index contributed by atoms with van der Waals surface area (Å²) in [5.41, 5.74) is 1.64. The van der Waals surface area contributed by atoms with E-state index < -0.39 is 12.7 Å². The summed E-state index contributed by atoms with van der Waals surface area (Å²) < 4.78 is 40.3. The van der Waals surface area contributed by atoms with Gasteiger partial charge in [0, 0.05) is 25.6 Å². The van der Waals surface area contributed by atoms with Crippen molar-refractivity contribution in [1.29, 1.82) is 0 Å². The van der Waals surface area contributed by atoms with Crippen LogP contribution < -0.4 is 19.5 Å². The number of hydrogen-bond donors (Lipinski definition) is 2. The lowest BCUT2D eigenvalue weighted by Crippen LogP contribution is -2.34. The number of aliphatic hydroxyl groups is 1. The highest BCUT2D eigenvalue weighted by Crippen LogP contribution is 2.39. The zero-order chi connectivity index (χ0) is 22.1. The van der Waals surface area contributed by atoms with Crippen LogP contribution in [0.3, 0.4) is 0 Å². The number of nitrogens with zero attached hydrogens (tertiary/aromatic N) is 1. The van der Waals surface area contributed by atoms with Crippen LogP contribution in [0.15, 0.2) is 42.5 Å². The fraction of sp³-hybridized carbons (Fsp3) is 0.455. The molecule has 0 saturated heterocycles. The Morgan fingerprint density at radius 3 is 2.13 bits per heavy atom. The van der Waals surface area contributed by atoms with Gasteiger partial charge in [-0.15, -0.1) is 0 Å². The van der Waals surface area contributed by atoms with Crippen molar-refractivity contribution in [3.05, 3.63) is 53.6 Å². The molecule has 6 nitrogen and oxygen atoms in total. The molecule has 8 heteroatoms. The first-order valence-electron chi connectivity index (χ1n) is 9.63. The fourth-order valence-electron chi connectivity index (χ4n) is 3.31. The van der Waals surface area contributed by atoms with E-state index in [9.17, 15) is 13.9 Å². The quantitative estimate of drug-likeness (QED) is 0.545. The molecule has 2 N–H and O–H groups in total. The number of benzene rings is 2. The first-order valence-corrected chi connectivity index (χ1v) is 9.63. The lowest BCUT2D eigenvalue weighted by molar-refractivity contribution is -0.0526. The van der Waals surface area contributed by atoms with E-state index in [4.69, 9.17) is 9.47 Å². The molecular weight excluding hydrogens is 394 g/mol. The molecule has 0 radical (unpaired) electrons. The monoisotopic (exact) mass is 424 g/mol. The van der Waals surface area contributed by atoms with Gasteiger partial charge in [0.25, 0.3) is 0 Å². The van der Waals surface area contributed by atoms with Crippen molar-refractivity contribution < 1.29 is 28.1 Å². The second-order valence-electron chi connectivity index (χ2n) is 7.22. The Balaban J connectivity index is 2.10. The van der Waals surface area contributed by atoms with Crippen molar-refractivity contribution in [3.63, 3.8) is 0 Å². The topological polar surface area (TPSA) is 63.2 Å². The number of aliphatic hydroxyl groups excluding tert-OH is 1. The van der Waals surface area contributed by atoms with Crippen molar-refractivity contribution in [2.24, 2.45) is 5.92 Å². The molecule has 0 aromatic heterocycles. The number of hydrogen-bond acceptors (Lipinski definition) is 6. The third-order valence-electron chi connectivity index (χ3n) is 4.65. The van der Waals surface area contributed by atoms with Crippen LogP contribution in [0.4, 0.5) is 8.78 Å². The summed E-state index contributed by atoms with van der Waals surface area (Å²) in [4.78, 5) is 2.03. The number of halogens is 2. The molecule has 0 heterocycles. The Morgan fingerprint density at radius 1 is 1.03 bits per heavy atom. The highest BCUT2D eigenvalue weighted by atomic mass is 19.3. The van der Waals surface area contributed by atoms with Gasteiger partial charge >= 0.3 is 6.61 Å². The summed E-state index contributed by atoms with van der Waals surface area (Å²) in [5.74, 6) is 0.151. The molecule has 0 aliphatic heterocycles. The minimum absolute atomic E-state index is 0.0485. The molecule has 0 aliphatic rings. The third kappa shape index (κ3) is 6.83. The average Bonchev–Trinajstić information content (AvgIpc) is 2.73. The van der Waals surface area contributed by atoms with Crippen molar-refractivity contribution in [2.45, 2.75) is 19.3 Å². The number of alkyl halides is 2. The van der Waals surface area contributed by atoms with Gasteiger partial charge in [-0.1, -0.05) is 30.3 Å². The molecule has 0 unspecified atom stereocenters. The van der Waals surface area contributed by atoms with Gasteiger partial charge in [0.15, 0.2) is 11.5 Å². The minimum atomic E-state index is -2.98. The van der Waals surface area contributed by atoms with Crippen LogP contribution in [0.25, 0.3) is 0 Å². The second-order valence-corrected chi connectivity index (χ2v) is 7.22. The van der Waals surface area contributed by atoms with Gasteiger partial charge in [0.2, 0.25) is 5.75 Å². The average molecular weight is 424 g/mol. The van der Waals surface area contributed by atoms with Crippen LogP contribution in [0.2, 0.25) is 0 Å². The molecule has 0 amide bonds. The molecule has 2 aromatic rings. The zero-order valence-electron chi connectivity index (χ0n) is 17.8. The molecule has 0 aliphatic carbocycles. The van der Waals surface area contributed by atoms with E-state index in [1.165, 1.54) is 14.2 Å². The summed E-state index contributed by atoms with van der Waals surface area (Å²) in [7, 11) is 6.69. The summed E-state index contributed by atoms with van der Waals surface area (Å²) in [6.07, 6.45) is -0.619. The zero-order valence-corrected chi connectivity index (χ0v) is 17.8. The van der Waals surface area contributed by atoms with Crippen LogP contribution in [0, 0.1) is 5.92 Å². The van der Waals surface area contributed by atoms with Gasteiger partial charge in [-0.05, 0) is 37.4 Å². The van der Waals surface area contributed by atoms with Crippen LogP contribution >= 0.6 is 0 Å². The van der Waals surface area contributed by atoms with E-state index >= 15 is 0 Å². The van der Waals surface area contributed by atoms with Crippen LogP contribution in [0.1, 0.15) is 17.2 Å². The first-order chi connectivity index (χ1) is 14.3. The highest BCUT2D eigenvalue weighted by Gasteiger charge is 2.22. The van der Waals surface area contributed by atoms with Crippen molar-refractivity contribution >= 4 is 0 Å². The molecule has 0 bridgehead atoms. The summed E-state index contributed by atoms with van der Waals surface area (Å²) in [6.45, 7) is -1.30. The van der Waals surface area contributed by atoms with Gasteiger partial charge in [-0.2, -0.15) is 8.78 Å². The molecule has 2 rings (SSSR count). The molecule has 30 heavy (non-hydrogen) atoms. The fourth-order valence-corrected chi connectivity index (χ4v) is 3.31. The lowest BCUT2D eigenvalue weighted by Gasteiger charge is -2.27. The highest BCUT2D eigenvalue weighted by molar-refractivity contribution is 5.53. The number of nitrogens with one attached hydrogen (secondary N) is 1. The van der Waals surface area contributed by atoms with Crippen molar-refractivity contribution in [2.75, 3.05) is 41.4 Å². The standard InChI is InChI=1S/C22H30F2N2O4/c1-26(2)14-17(20(27)16-8-6-5-7-9-16)13-25-12-15-10-18(28-3)21(30-22(23)24)19(11-15)29-4/h5-11,17,20,22,25,27H,12-14H2,1-4H3/t17-,20-/m0/s1. The summed E-state index contributed by atoms with van der Waals surface area (Å²) in [5, 5.41) is 14.2. The van der Waals surface area contributed by atoms with Crippen molar-refractivity contribution in [1.82, 2.24) is 10.2 Å². The molecule has 0 fully saturated rings. The normalized spacial score (nSPS) is 13.4. The van der Waals surface area contributed by atoms with E-state index in [0.29, 0.717) is 19.6 Å². The Labute approximate surface area is 176 Å². The molecule has 2 atom stereocenters. The maximum absolute atomic E-state index is 12.7. The first kappa shape index (κ1) is 23.9. The SMILES string of the molecule is COc1cc(CNC[C@@H](CN(C)C)[C@@H](O)c2ccccc2)cc(OC)c1OC(F)F. The van der Waals surface area contributed by atoms with E-state index in [-0.39, 0.29) is 23.2 Å². The largest absolute Gasteiger partial charge is 0.493 e. The van der Waals surface area contributed by atoms with Gasteiger partial charge in [-0.3, -0.25) is 0 Å². The van der Waals surface area contributed by atoms with Crippen molar-refractivity contribution in [3.8, 4) is 17.2 Å². The van der Waals surface area contributed by atoms with Crippen LogP contribution in [-0.2, 0) is 6.54 Å². The summed E-state index contributed by atoms with van der Waals surface area (Å²) in [6, 6.07) is 12.8. The number of ether oxygens (including phenoxy) is 3. The molecule has 166 valence electrons. The van der Waals surface area contributed by atoms with E-state index in [0.717, 1.165) is 11.1 Å². The van der Waals surface area contributed by atoms with E-state index in [2.05, 4.69) is 10.1 Å². The van der Waals surface area contributed by atoms with Gasteiger partial charge in [0.05, 0.1) is 20.3 Å². The minimum Gasteiger partial charge on any atom is -0.493 e. The van der Waals surface area contributed by atoms with Gasteiger partial charge in [-0.25, -0.2) is 0 Å². The smallest absolute Gasteiger partial charge is 0.387 e. The molecule has 0 spiro atoms. The molecular formula is C22H30F2N2O4. The van der Waals surface area contributed by atoms with Gasteiger partial charge < -0.3 is 29.5 Å². The summed E-state index contributed by atoms with van der Waals surface area (Å²) >= 11 is 0. The Bertz CT molecular complexity index is 750. The Kier molecular flexibility index (Phi) is 9.29. The molecule has 0 saturated carbocycles. The van der Waals surface area contributed by atoms with Crippen LogP contribution in [-0.4, -0.2) is 58.0 Å². The number of methoxy groups -OCH3 is 2. The van der Waals surface area contributed by atoms with Gasteiger partial charge in [0.1, 0.15) is 0 Å². The predicted molar refractivity (Wildman–Crippen MR) is 111 cm³/mol. The lowest BCUT2D eigenvalue weighted by atomic mass is 9.95. The Hall–Kier alpha value is -2.42. The maximum Gasteiger partial charge on any atom is 0.387 e. The third-order valence-corrected chi connectivity index (χ3v) is 4.65. The van der Waals surface area contributed by atoms with E-state index in [1.54, 1.807) is 12.1 Å². The number of rotatable bonds is 12. The molecule has 2 aromatic carbocycles. The second kappa shape index (κ2) is 11.7. The predicted octanol–water partition coefficient (Wildman–Crippen LogP) is 3.31. The Morgan fingerprint density at radius 2 is 1.63 bits per heavy atom.